The third-order valence-corrected chi connectivity index (χ3v) is 5.08. The molecule has 2 atom stereocenters. The van der Waals surface area contributed by atoms with Crippen LogP contribution in [-0.2, 0) is 0 Å². The normalized spacial score (nSPS) is 20.7. The van der Waals surface area contributed by atoms with E-state index in [9.17, 15) is 14.7 Å². The smallest absolute Gasteiger partial charge is 0.256 e. The standard InChI is InChI=1S/C18H20N2O3S/c1-12-6-8-20(10-16(12)21)18(23)14-4-2-3-5-15(14)19-17(22)13-7-9-24-11-13/h2-5,7,9,11-12,16,21H,6,8,10H2,1H3,(H,19,22). The zero-order valence-corrected chi connectivity index (χ0v) is 14.3. The number of piperidine rings is 1. The molecule has 5 nitrogen and oxygen atoms in total. The molecular formula is C18H20N2O3S. The molecule has 2 N–H and O–H groups in total. The number of β-amino-alcohol motifs (C(OH)–C–C–N with tert-alkyl or cyclic N) is 1. The first kappa shape index (κ1) is 16.7. The first-order valence-electron chi connectivity index (χ1n) is 7.96. The van der Waals surface area contributed by atoms with Crippen LogP contribution in [0.2, 0.25) is 0 Å². The summed E-state index contributed by atoms with van der Waals surface area (Å²) in [6.45, 7) is 2.93. The molecule has 1 aliphatic heterocycles. The first-order chi connectivity index (χ1) is 11.6. The van der Waals surface area contributed by atoms with Gasteiger partial charge >= 0.3 is 0 Å². The number of thiophene rings is 1. The number of rotatable bonds is 3. The Balaban J connectivity index is 1.79. The summed E-state index contributed by atoms with van der Waals surface area (Å²) in [5.41, 5.74) is 1.51. The van der Waals surface area contributed by atoms with Gasteiger partial charge in [-0.2, -0.15) is 11.3 Å². The van der Waals surface area contributed by atoms with Crippen LogP contribution in [0, 0.1) is 5.92 Å². The van der Waals surface area contributed by atoms with Crippen molar-refractivity contribution >= 4 is 28.8 Å². The lowest BCUT2D eigenvalue weighted by atomic mass is 9.95. The highest BCUT2D eigenvalue weighted by molar-refractivity contribution is 7.08. The first-order valence-corrected chi connectivity index (χ1v) is 8.90. The lowest BCUT2D eigenvalue weighted by Gasteiger charge is -2.34. The number of aliphatic hydroxyl groups excluding tert-OH is 1. The molecule has 2 aromatic rings. The van der Waals surface area contributed by atoms with Gasteiger partial charge in [0.2, 0.25) is 0 Å². The highest BCUT2D eigenvalue weighted by atomic mass is 32.1. The fourth-order valence-corrected chi connectivity index (χ4v) is 3.41. The number of nitrogens with one attached hydrogen (secondary N) is 1. The highest BCUT2D eigenvalue weighted by Gasteiger charge is 2.29. The average Bonchev–Trinajstić information content (AvgIpc) is 3.12. The quantitative estimate of drug-likeness (QED) is 0.899. The Morgan fingerprint density at radius 3 is 2.79 bits per heavy atom. The molecule has 0 saturated carbocycles. The van der Waals surface area contributed by atoms with E-state index in [0.717, 1.165) is 6.42 Å². The van der Waals surface area contributed by atoms with Gasteiger partial charge in [0, 0.05) is 18.5 Å². The summed E-state index contributed by atoms with van der Waals surface area (Å²) in [5, 5.41) is 16.4. The van der Waals surface area contributed by atoms with E-state index in [-0.39, 0.29) is 17.7 Å². The number of nitrogens with zero attached hydrogens (tertiary/aromatic N) is 1. The lowest BCUT2D eigenvalue weighted by molar-refractivity contribution is 0.0249. The molecule has 0 bridgehead atoms. The SMILES string of the molecule is CC1CCN(C(=O)c2ccccc2NC(=O)c2ccsc2)CC1O. The van der Waals surface area contributed by atoms with Crippen LogP contribution in [0.5, 0.6) is 0 Å². The molecule has 1 aliphatic rings. The van der Waals surface area contributed by atoms with Gasteiger partial charge in [0.05, 0.1) is 22.9 Å². The van der Waals surface area contributed by atoms with Crippen LogP contribution < -0.4 is 5.32 Å². The van der Waals surface area contributed by atoms with E-state index in [4.69, 9.17) is 0 Å². The maximum atomic E-state index is 12.8. The Hall–Kier alpha value is -2.18. The highest BCUT2D eigenvalue weighted by Crippen LogP contribution is 2.23. The monoisotopic (exact) mass is 344 g/mol. The molecule has 24 heavy (non-hydrogen) atoms. The predicted octanol–water partition coefficient (Wildman–Crippen LogP) is 2.84. The molecule has 1 aromatic carbocycles. The van der Waals surface area contributed by atoms with E-state index in [2.05, 4.69) is 5.32 Å². The number of carbonyl (C=O) groups is 2. The second-order valence-electron chi connectivity index (χ2n) is 6.10. The molecule has 2 unspecified atom stereocenters. The van der Waals surface area contributed by atoms with Gasteiger partial charge in [0.25, 0.3) is 11.8 Å². The predicted molar refractivity (Wildman–Crippen MR) is 94.4 cm³/mol. The second-order valence-corrected chi connectivity index (χ2v) is 6.88. The molecule has 2 heterocycles. The summed E-state index contributed by atoms with van der Waals surface area (Å²) in [4.78, 5) is 26.7. The van der Waals surface area contributed by atoms with Crippen molar-refractivity contribution in [3.63, 3.8) is 0 Å². The van der Waals surface area contributed by atoms with Crippen molar-refractivity contribution in [1.82, 2.24) is 4.90 Å². The number of aliphatic hydroxyl groups is 1. The second kappa shape index (κ2) is 7.15. The van der Waals surface area contributed by atoms with E-state index in [0.29, 0.717) is 29.9 Å². The molecule has 6 heteroatoms. The number of carbonyl (C=O) groups excluding carboxylic acids is 2. The van der Waals surface area contributed by atoms with Crippen molar-refractivity contribution in [2.45, 2.75) is 19.4 Å². The Kier molecular flexibility index (Phi) is 4.97. The zero-order chi connectivity index (χ0) is 17.1. The third kappa shape index (κ3) is 3.49. The van der Waals surface area contributed by atoms with Crippen molar-refractivity contribution in [2.24, 2.45) is 5.92 Å². The fraction of sp³-hybridized carbons (Fsp3) is 0.333. The zero-order valence-electron chi connectivity index (χ0n) is 13.4. The molecule has 3 rings (SSSR count). The van der Waals surface area contributed by atoms with Gasteiger partial charge < -0.3 is 15.3 Å². The number of benzene rings is 1. The molecule has 2 amide bonds. The molecule has 0 spiro atoms. The molecule has 0 aliphatic carbocycles. The fourth-order valence-electron chi connectivity index (χ4n) is 2.77. The minimum atomic E-state index is -0.504. The Morgan fingerprint density at radius 1 is 1.29 bits per heavy atom. The summed E-state index contributed by atoms with van der Waals surface area (Å²) < 4.78 is 0. The van der Waals surface area contributed by atoms with Gasteiger partial charge in [0.15, 0.2) is 0 Å². The number of amides is 2. The topological polar surface area (TPSA) is 69.6 Å². The number of anilines is 1. The summed E-state index contributed by atoms with van der Waals surface area (Å²) in [6.07, 6.45) is 0.270. The minimum absolute atomic E-state index is 0.165. The molecule has 1 aromatic heterocycles. The van der Waals surface area contributed by atoms with Gasteiger partial charge in [-0.15, -0.1) is 0 Å². The van der Waals surface area contributed by atoms with Crippen LogP contribution in [0.15, 0.2) is 41.1 Å². The molecular weight excluding hydrogens is 324 g/mol. The van der Waals surface area contributed by atoms with Crippen LogP contribution in [0.1, 0.15) is 34.1 Å². The van der Waals surface area contributed by atoms with Gasteiger partial charge in [0.1, 0.15) is 0 Å². The number of para-hydroxylation sites is 1. The van der Waals surface area contributed by atoms with Gasteiger partial charge in [-0.1, -0.05) is 19.1 Å². The average molecular weight is 344 g/mol. The lowest BCUT2D eigenvalue weighted by Crippen LogP contribution is -2.46. The van der Waals surface area contributed by atoms with Gasteiger partial charge in [-0.05, 0) is 35.9 Å². The molecule has 126 valence electrons. The van der Waals surface area contributed by atoms with Crippen LogP contribution in [0.3, 0.4) is 0 Å². The largest absolute Gasteiger partial charge is 0.391 e. The van der Waals surface area contributed by atoms with E-state index in [1.807, 2.05) is 12.3 Å². The Morgan fingerprint density at radius 2 is 2.08 bits per heavy atom. The molecule has 1 saturated heterocycles. The van der Waals surface area contributed by atoms with Gasteiger partial charge in [-0.3, -0.25) is 9.59 Å². The minimum Gasteiger partial charge on any atom is -0.391 e. The Labute approximate surface area is 144 Å². The summed E-state index contributed by atoms with van der Waals surface area (Å²) >= 11 is 1.45. The van der Waals surface area contributed by atoms with Crippen LogP contribution in [0.25, 0.3) is 0 Å². The Bertz CT molecular complexity index is 730. The number of likely N-dealkylation sites (tertiary alicyclic amines) is 1. The van der Waals surface area contributed by atoms with Gasteiger partial charge in [-0.25, -0.2) is 0 Å². The number of hydrogen-bond donors (Lipinski definition) is 2. The van der Waals surface area contributed by atoms with E-state index < -0.39 is 6.10 Å². The third-order valence-electron chi connectivity index (χ3n) is 4.39. The van der Waals surface area contributed by atoms with Crippen molar-refractivity contribution in [1.29, 1.82) is 0 Å². The maximum Gasteiger partial charge on any atom is 0.256 e. The van der Waals surface area contributed by atoms with E-state index >= 15 is 0 Å². The van der Waals surface area contributed by atoms with Crippen molar-refractivity contribution in [2.75, 3.05) is 18.4 Å². The van der Waals surface area contributed by atoms with Crippen molar-refractivity contribution < 1.29 is 14.7 Å². The van der Waals surface area contributed by atoms with Crippen LogP contribution in [0.4, 0.5) is 5.69 Å². The van der Waals surface area contributed by atoms with Crippen LogP contribution >= 0.6 is 11.3 Å². The summed E-state index contributed by atoms with van der Waals surface area (Å²) in [5.74, 6) is -0.200. The van der Waals surface area contributed by atoms with E-state index in [1.165, 1.54) is 11.3 Å². The maximum absolute atomic E-state index is 12.8. The van der Waals surface area contributed by atoms with Crippen molar-refractivity contribution in [3.8, 4) is 0 Å². The summed E-state index contributed by atoms with van der Waals surface area (Å²) in [7, 11) is 0. The molecule has 0 radical (unpaired) electrons. The van der Waals surface area contributed by atoms with Crippen LogP contribution in [-0.4, -0.2) is 41.0 Å². The van der Waals surface area contributed by atoms with Crippen molar-refractivity contribution in [3.05, 3.63) is 52.2 Å². The van der Waals surface area contributed by atoms with E-state index in [1.54, 1.807) is 40.6 Å². The summed E-state index contributed by atoms with van der Waals surface area (Å²) in [6, 6.07) is 8.73. The number of hydrogen-bond acceptors (Lipinski definition) is 4. The molecule has 1 fully saturated rings.